The van der Waals surface area contributed by atoms with Gasteiger partial charge in [0.15, 0.2) is 0 Å². The highest BCUT2D eigenvalue weighted by atomic mass is 16.7. The number of rotatable bonds is 11. The van der Waals surface area contributed by atoms with E-state index in [1.807, 2.05) is 0 Å². The second-order valence-electron chi connectivity index (χ2n) is 4.04. The average molecular weight is 234 g/mol. The molecule has 0 aliphatic rings. The summed E-state index contributed by atoms with van der Waals surface area (Å²) in [6, 6.07) is 0. The lowest BCUT2D eigenvalue weighted by molar-refractivity contribution is -0.118. The van der Waals surface area contributed by atoms with Crippen molar-refractivity contribution in [2.24, 2.45) is 0 Å². The van der Waals surface area contributed by atoms with Crippen LogP contribution in [0.25, 0.3) is 0 Å². The lowest BCUT2D eigenvalue weighted by Crippen LogP contribution is -2.30. The SMILES string of the molecule is CCCCCC[C@H](OCOC)[C@@H](O)CCO. The quantitative estimate of drug-likeness (QED) is 0.422. The van der Waals surface area contributed by atoms with Gasteiger partial charge in [0, 0.05) is 13.7 Å². The van der Waals surface area contributed by atoms with Crippen LogP contribution in [0.3, 0.4) is 0 Å². The molecule has 16 heavy (non-hydrogen) atoms. The summed E-state index contributed by atoms with van der Waals surface area (Å²) in [5.74, 6) is 0. The summed E-state index contributed by atoms with van der Waals surface area (Å²) < 4.78 is 10.2. The van der Waals surface area contributed by atoms with Crippen LogP contribution in [0.15, 0.2) is 0 Å². The Balaban J connectivity index is 3.79. The van der Waals surface area contributed by atoms with Crippen molar-refractivity contribution in [1.82, 2.24) is 0 Å². The highest BCUT2D eigenvalue weighted by molar-refractivity contribution is 4.68. The fourth-order valence-electron chi connectivity index (χ4n) is 1.63. The minimum atomic E-state index is -0.596. The van der Waals surface area contributed by atoms with E-state index in [-0.39, 0.29) is 19.5 Å². The van der Waals surface area contributed by atoms with Crippen LogP contribution in [0.4, 0.5) is 0 Å². The summed E-state index contributed by atoms with van der Waals surface area (Å²) in [5.41, 5.74) is 0. The first-order chi connectivity index (χ1) is 7.76. The van der Waals surface area contributed by atoms with Crippen LogP contribution in [0.1, 0.15) is 45.4 Å². The molecule has 0 saturated heterocycles. The molecule has 2 N–H and O–H groups in total. The number of hydrogen-bond donors (Lipinski definition) is 2. The Morgan fingerprint density at radius 3 is 2.44 bits per heavy atom. The van der Waals surface area contributed by atoms with Gasteiger partial charge in [0.1, 0.15) is 6.79 Å². The molecule has 0 rings (SSSR count). The van der Waals surface area contributed by atoms with Crippen LogP contribution in [0.2, 0.25) is 0 Å². The van der Waals surface area contributed by atoms with Crippen LogP contribution >= 0.6 is 0 Å². The maximum atomic E-state index is 9.75. The molecule has 0 aliphatic carbocycles. The standard InChI is InChI=1S/C12H26O4/c1-3-4-5-6-7-12(16-10-15-2)11(14)8-9-13/h11-14H,3-10H2,1-2H3/t11-,12-/m0/s1. The Labute approximate surface area is 98.6 Å². The molecule has 4 heteroatoms. The Bertz CT molecular complexity index is 141. The van der Waals surface area contributed by atoms with Crippen molar-refractivity contribution < 1.29 is 19.7 Å². The minimum Gasteiger partial charge on any atom is -0.396 e. The van der Waals surface area contributed by atoms with Gasteiger partial charge in [-0.2, -0.15) is 0 Å². The number of aliphatic hydroxyl groups excluding tert-OH is 2. The van der Waals surface area contributed by atoms with Crippen molar-refractivity contribution in [3.8, 4) is 0 Å². The first kappa shape index (κ1) is 15.8. The lowest BCUT2D eigenvalue weighted by Gasteiger charge is -2.22. The molecule has 0 aromatic heterocycles. The fraction of sp³-hybridized carbons (Fsp3) is 1.00. The summed E-state index contributed by atoms with van der Waals surface area (Å²) in [6.45, 7) is 2.35. The Kier molecular flexibility index (Phi) is 11.2. The van der Waals surface area contributed by atoms with Crippen LogP contribution in [-0.4, -0.2) is 42.9 Å². The van der Waals surface area contributed by atoms with Gasteiger partial charge in [-0.25, -0.2) is 0 Å². The van der Waals surface area contributed by atoms with Crippen molar-refractivity contribution in [2.75, 3.05) is 20.5 Å². The zero-order valence-electron chi connectivity index (χ0n) is 10.5. The van der Waals surface area contributed by atoms with Gasteiger partial charge in [-0.3, -0.25) is 0 Å². The van der Waals surface area contributed by atoms with Crippen LogP contribution < -0.4 is 0 Å². The number of aliphatic hydroxyl groups is 2. The molecule has 0 amide bonds. The molecule has 0 aromatic rings. The average Bonchev–Trinajstić information content (AvgIpc) is 2.28. The fourth-order valence-corrected chi connectivity index (χ4v) is 1.63. The third kappa shape index (κ3) is 8.05. The van der Waals surface area contributed by atoms with Crippen molar-refractivity contribution in [3.05, 3.63) is 0 Å². The molecular formula is C12H26O4. The van der Waals surface area contributed by atoms with Crippen molar-refractivity contribution in [1.29, 1.82) is 0 Å². The zero-order chi connectivity index (χ0) is 12.2. The summed E-state index contributed by atoms with van der Waals surface area (Å²) in [7, 11) is 1.56. The third-order valence-electron chi connectivity index (χ3n) is 2.60. The van der Waals surface area contributed by atoms with E-state index in [4.69, 9.17) is 14.6 Å². The highest BCUT2D eigenvalue weighted by Gasteiger charge is 2.18. The molecule has 0 radical (unpaired) electrons. The van der Waals surface area contributed by atoms with E-state index < -0.39 is 6.10 Å². The van der Waals surface area contributed by atoms with Crippen LogP contribution in [0, 0.1) is 0 Å². The normalized spacial score (nSPS) is 15.0. The monoisotopic (exact) mass is 234 g/mol. The third-order valence-corrected chi connectivity index (χ3v) is 2.60. The molecule has 0 unspecified atom stereocenters. The molecule has 0 spiro atoms. The van der Waals surface area contributed by atoms with E-state index in [2.05, 4.69) is 6.92 Å². The van der Waals surface area contributed by atoms with E-state index in [9.17, 15) is 5.11 Å². The topological polar surface area (TPSA) is 58.9 Å². The van der Waals surface area contributed by atoms with Crippen molar-refractivity contribution in [2.45, 2.75) is 57.7 Å². The van der Waals surface area contributed by atoms with Gasteiger partial charge in [-0.05, 0) is 12.8 Å². The predicted octanol–water partition coefficient (Wildman–Crippen LogP) is 1.69. The number of unbranched alkanes of at least 4 members (excludes halogenated alkanes) is 3. The van der Waals surface area contributed by atoms with E-state index in [0.29, 0.717) is 6.42 Å². The van der Waals surface area contributed by atoms with Gasteiger partial charge in [0.05, 0.1) is 12.2 Å². The summed E-state index contributed by atoms with van der Waals surface area (Å²) >= 11 is 0. The van der Waals surface area contributed by atoms with Gasteiger partial charge < -0.3 is 19.7 Å². The summed E-state index contributed by atoms with van der Waals surface area (Å²) in [4.78, 5) is 0. The van der Waals surface area contributed by atoms with Gasteiger partial charge in [-0.1, -0.05) is 32.6 Å². The van der Waals surface area contributed by atoms with E-state index in [1.54, 1.807) is 7.11 Å². The lowest BCUT2D eigenvalue weighted by atomic mass is 10.0. The summed E-state index contributed by atoms with van der Waals surface area (Å²) in [6.07, 6.45) is 4.99. The van der Waals surface area contributed by atoms with Gasteiger partial charge in [0.2, 0.25) is 0 Å². The molecule has 0 aromatic carbocycles. The number of hydrogen-bond acceptors (Lipinski definition) is 4. The van der Waals surface area contributed by atoms with E-state index in [1.165, 1.54) is 12.8 Å². The van der Waals surface area contributed by atoms with Gasteiger partial charge >= 0.3 is 0 Å². The molecular weight excluding hydrogens is 208 g/mol. The number of ether oxygens (including phenoxy) is 2. The molecule has 0 heterocycles. The Morgan fingerprint density at radius 1 is 1.12 bits per heavy atom. The number of methoxy groups -OCH3 is 1. The molecule has 0 aliphatic heterocycles. The maximum Gasteiger partial charge on any atom is 0.146 e. The predicted molar refractivity (Wildman–Crippen MR) is 63.2 cm³/mol. The molecule has 0 fully saturated rings. The van der Waals surface area contributed by atoms with Crippen molar-refractivity contribution >= 4 is 0 Å². The largest absolute Gasteiger partial charge is 0.396 e. The van der Waals surface area contributed by atoms with E-state index >= 15 is 0 Å². The Hall–Kier alpha value is -0.160. The zero-order valence-corrected chi connectivity index (χ0v) is 10.5. The first-order valence-corrected chi connectivity index (χ1v) is 6.15. The minimum absolute atomic E-state index is 0.0109. The van der Waals surface area contributed by atoms with Crippen LogP contribution in [0.5, 0.6) is 0 Å². The van der Waals surface area contributed by atoms with Gasteiger partial charge in [-0.15, -0.1) is 0 Å². The molecule has 2 atom stereocenters. The van der Waals surface area contributed by atoms with Crippen molar-refractivity contribution in [3.63, 3.8) is 0 Å². The highest BCUT2D eigenvalue weighted by Crippen LogP contribution is 2.13. The van der Waals surface area contributed by atoms with Crippen LogP contribution in [-0.2, 0) is 9.47 Å². The molecule has 0 saturated carbocycles. The second-order valence-corrected chi connectivity index (χ2v) is 4.04. The second kappa shape index (κ2) is 11.3. The maximum absolute atomic E-state index is 9.75. The van der Waals surface area contributed by atoms with Gasteiger partial charge in [0.25, 0.3) is 0 Å². The van der Waals surface area contributed by atoms with E-state index in [0.717, 1.165) is 19.3 Å². The molecule has 4 nitrogen and oxygen atoms in total. The molecule has 0 bridgehead atoms. The first-order valence-electron chi connectivity index (χ1n) is 6.15. The molecule has 98 valence electrons. The smallest absolute Gasteiger partial charge is 0.146 e. The Morgan fingerprint density at radius 2 is 1.88 bits per heavy atom. The summed E-state index contributed by atoms with van der Waals surface area (Å²) in [5, 5.41) is 18.5.